The molecule has 0 aliphatic heterocycles. The second-order valence-electron chi connectivity index (χ2n) is 4.93. The smallest absolute Gasteiger partial charge is 0.229 e. The Bertz CT molecular complexity index is 566. The summed E-state index contributed by atoms with van der Waals surface area (Å²) in [5.74, 6) is -0.234. The summed E-state index contributed by atoms with van der Waals surface area (Å²) in [6.07, 6.45) is 0.662. The van der Waals surface area contributed by atoms with Crippen LogP contribution in [0.4, 0.5) is 5.69 Å². The molecule has 0 heterocycles. The average molecular weight is 268 g/mol. The van der Waals surface area contributed by atoms with Crippen LogP contribution in [0.2, 0.25) is 0 Å². The molecule has 2 aromatic carbocycles. The van der Waals surface area contributed by atoms with Crippen LogP contribution in [0.5, 0.6) is 0 Å². The molecular weight excluding hydrogens is 248 g/mol. The zero-order chi connectivity index (χ0) is 14.4. The predicted octanol–water partition coefficient (Wildman–Crippen LogP) is 2.75. The Labute approximate surface area is 119 Å². The number of nitrogens with two attached hydrogens (primary N) is 1. The molecule has 0 aliphatic rings. The van der Waals surface area contributed by atoms with E-state index in [-0.39, 0.29) is 11.8 Å². The molecular formula is C17H20N2O. The Hall–Kier alpha value is -2.13. The third-order valence-corrected chi connectivity index (χ3v) is 3.38. The number of carbonyl (C=O) groups is 1. The molecule has 3 heteroatoms. The number of para-hydroxylation sites is 1. The van der Waals surface area contributed by atoms with Gasteiger partial charge in [-0.05, 0) is 30.5 Å². The van der Waals surface area contributed by atoms with E-state index < -0.39 is 0 Å². The van der Waals surface area contributed by atoms with Crippen molar-refractivity contribution in [3.05, 3.63) is 65.7 Å². The summed E-state index contributed by atoms with van der Waals surface area (Å²) in [4.78, 5) is 12.3. The predicted molar refractivity (Wildman–Crippen MR) is 82.5 cm³/mol. The third-order valence-electron chi connectivity index (χ3n) is 3.38. The van der Waals surface area contributed by atoms with Crippen LogP contribution in [-0.2, 0) is 11.2 Å². The Morgan fingerprint density at radius 2 is 1.75 bits per heavy atom. The molecule has 0 bridgehead atoms. The van der Waals surface area contributed by atoms with Gasteiger partial charge in [-0.1, -0.05) is 48.5 Å². The Morgan fingerprint density at radius 3 is 2.40 bits per heavy atom. The lowest BCUT2D eigenvalue weighted by atomic mass is 9.98. The summed E-state index contributed by atoms with van der Waals surface area (Å²) in [6.45, 7) is 2.32. The van der Waals surface area contributed by atoms with Crippen LogP contribution in [0.15, 0.2) is 54.6 Å². The summed E-state index contributed by atoms with van der Waals surface area (Å²) in [6, 6.07) is 17.7. The molecule has 20 heavy (non-hydrogen) atoms. The minimum Gasteiger partial charge on any atom is -0.330 e. The molecule has 104 valence electrons. The van der Waals surface area contributed by atoms with Gasteiger partial charge in [-0.15, -0.1) is 0 Å². The molecule has 0 radical (unpaired) electrons. The molecule has 0 aromatic heterocycles. The van der Waals surface area contributed by atoms with Gasteiger partial charge in [-0.25, -0.2) is 0 Å². The Balaban J connectivity index is 2.04. The van der Waals surface area contributed by atoms with Crippen molar-refractivity contribution >= 4 is 11.6 Å². The van der Waals surface area contributed by atoms with Crippen LogP contribution in [0, 0.1) is 12.8 Å². The normalized spacial score (nSPS) is 11.9. The highest BCUT2D eigenvalue weighted by Gasteiger charge is 2.17. The molecule has 0 spiro atoms. The first-order valence-electron chi connectivity index (χ1n) is 6.81. The van der Waals surface area contributed by atoms with Crippen molar-refractivity contribution in [3.8, 4) is 0 Å². The van der Waals surface area contributed by atoms with E-state index in [0.717, 1.165) is 16.8 Å². The minimum absolute atomic E-state index is 0.0225. The number of carbonyl (C=O) groups excluding carboxylic acids is 1. The summed E-state index contributed by atoms with van der Waals surface area (Å²) in [5, 5.41) is 2.96. The highest BCUT2D eigenvalue weighted by molar-refractivity contribution is 5.93. The summed E-state index contributed by atoms with van der Waals surface area (Å²) in [5.41, 5.74) is 8.78. The van der Waals surface area contributed by atoms with E-state index in [9.17, 15) is 4.79 Å². The lowest BCUT2D eigenvalue weighted by molar-refractivity contribution is -0.119. The first-order chi connectivity index (χ1) is 9.70. The van der Waals surface area contributed by atoms with Gasteiger partial charge in [0.2, 0.25) is 5.91 Å². The van der Waals surface area contributed by atoms with Crippen molar-refractivity contribution in [2.45, 2.75) is 13.3 Å². The van der Waals surface area contributed by atoms with Crippen LogP contribution in [0.1, 0.15) is 11.1 Å². The maximum atomic E-state index is 12.3. The fourth-order valence-electron chi connectivity index (χ4n) is 2.13. The van der Waals surface area contributed by atoms with Crippen molar-refractivity contribution in [3.63, 3.8) is 0 Å². The topological polar surface area (TPSA) is 55.1 Å². The fraction of sp³-hybridized carbons (Fsp3) is 0.235. The maximum Gasteiger partial charge on any atom is 0.229 e. The lowest BCUT2D eigenvalue weighted by Gasteiger charge is -2.16. The van der Waals surface area contributed by atoms with Gasteiger partial charge in [0.15, 0.2) is 0 Å². The molecule has 0 saturated carbocycles. The van der Waals surface area contributed by atoms with Gasteiger partial charge in [0.1, 0.15) is 0 Å². The van der Waals surface area contributed by atoms with E-state index in [2.05, 4.69) is 5.32 Å². The number of amides is 1. The van der Waals surface area contributed by atoms with Crippen LogP contribution in [-0.4, -0.2) is 12.5 Å². The molecule has 2 aromatic rings. The number of anilines is 1. The Morgan fingerprint density at radius 1 is 1.10 bits per heavy atom. The fourth-order valence-corrected chi connectivity index (χ4v) is 2.13. The first-order valence-corrected chi connectivity index (χ1v) is 6.81. The molecule has 1 atom stereocenters. The van der Waals surface area contributed by atoms with Gasteiger partial charge in [-0.2, -0.15) is 0 Å². The minimum atomic E-state index is -0.211. The maximum absolute atomic E-state index is 12.3. The van der Waals surface area contributed by atoms with E-state index >= 15 is 0 Å². The molecule has 1 amide bonds. The van der Waals surface area contributed by atoms with Crippen LogP contribution >= 0.6 is 0 Å². The van der Waals surface area contributed by atoms with E-state index in [0.29, 0.717) is 13.0 Å². The molecule has 3 nitrogen and oxygen atoms in total. The van der Waals surface area contributed by atoms with E-state index in [1.165, 1.54) is 0 Å². The second kappa shape index (κ2) is 6.87. The zero-order valence-corrected chi connectivity index (χ0v) is 11.7. The number of nitrogens with one attached hydrogen (secondary N) is 1. The van der Waals surface area contributed by atoms with Crippen molar-refractivity contribution in [2.75, 3.05) is 11.9 Å². The summed E-state index contributed by atoms with van der Waals surface area (Å²) < 4.78 is 0. The molecule has 0 fully saturated rings. The van der Waals surface area contributed by atoms with Gasteiger partial charge < -0.3 is 11.1 Å². The number of hydrogen-bond donors (Lipinski definition) is 2. The summed E-state index contributed by atoms with van der Waals surface area (Å²) in [7, 11) is 0. The highest BCUT2D eigenvalue weighted by Crippen LogP contribution is 2.16. The monoisotopic (exact) mass is 268 g/mol. The van der Waals surface area contributed by atoms with Gasteiger partial charge in [-0.3, -0.25) is 4.79 Å². The van der Waals surface area contributed by atoms with Crippen molar-refractivity contribution in [1.29, 1.82) is 0 Å². The van der Waals surface area contributed by atoms with Gasteiger partial charge >= 0.3 is 0 Å². The van der Waals surface area contributed by atoms with Crippen LogP contribution < -0.4 is 11.1 Å². The summed E-state index contributed by atoms with van der Waals surface area (Å²) >= 11 is 0. The quantitative estimate of drug-likeness (QED) is 0.876. The molecule has 0 aliphatic carbocycles. The van der Waals surface area contributed by atoms with Crippen molar-refractivity contribution < 1.29 is 4.79 Å². The largest absolute Gasteiger partial charge is 0.330 e. The average Bonchev–Trinajstić information content (AvgIpc) is 2.48. The first kappa shape index (κ1) is 14.3. The second-order valence-corrected chi connectivity index (χ2v) is 4.93. The van der Waals surface area contributed by atoms with Crippen LogP contribution in [0.25, 0.3) is 0 Å². The van der Waals surface area contributed by atoms with Gasteiger partial charge in [0.05, 0.1) is 5.92 Å². The van der Waals surface area contributed by atoms with E-state index in [1.54, 1.807) is 0 Å². The standard InChI is InChI=1S/C17H20N2O/c1-13-7-5-6-10-16(13)19-17(20)15(12-18)11-14-8-3-2-4-9-14/h2-10,15H,11-12,18H2,1H3,(H,19,20). The number of benzene rings is 2. The van der Waals surface area contributed by atoms with Crippen molar-refractivity contribution in [1.82, 2.24) is 0 Å². The Kier molecular flexibility index (Phi) is 4.91. The van der Waals surface area contributed by atoms with E-state index in [4.69, 9.17) is 5.73 Å². The number of rotatable bonds is 5. The highest BCUT2D eigenvalue weighted by atomic mass is 16.1. The van der Waals surface area contributed by atoms with Crippen molar-refractivity contribution in [2.24, 2.45) is 11.7 Å². The van der Waals surface area contributed by atoms with E-state index in [1.807, 2.05) is 61.5 Å². The van der Waals surface area contributed by atoms with Gasteiger partial charge in [0, 0.05) is 12.2 Å². The number of hydrogen-bond acceptors (Lipinski definition) is 2. The molecule has 3 N–H and O–H groups in total. The number of aryl methyl sites for hydroxylation is 1. The molecule has 1 unspecified atom stereocenters. The van der Waals surface area contributed by atoms with Crippen LogP contribution in [0.3, 0.4) is 0 Å². The zero-order valence-electron chi connectivity index (χ0n) is 11.7. The molecule has 2 rings (SSSR count). The van der Waals surface area contributed by atoms with Gasteiger partial charge in [0.25, 0.3) is 0 Å². The third kappa shape index (κ3) is 3.68. The lowest BCUT2D eigenvalue weighted by Crippen LogP contribution is -2.31. The molecule has 0 saturated heterocycles. The SMILES string of the molecule is Cc1ccccc1NC(=O)C(CN)Cc1ccccc1.